The van der Waals surface area contributed by atoms with Gasteiger partial charge in [-0.3, -0.25) is 5.10 Å². The Morgan fingerprint density at radius 1 is 1.43 bits per heavy atom. The van der Waals surface area contributed by atoms with Crippen LogP contribution in [0.2, 0.25) is 0 Å². The summed E-state index contributed by atoms with van der Waals surface area (Å²) in [6.07, 6.45) is 3.19. The Morgan fingerprint density at radius 3 is 2.86 bits per heavy atom. The summed E-state index contributed by atoms with van der Waals surface area (Å²) in [6, 6.07) is 5.97. The van der Waals surface area contributed by atoms with Gasteiger partial charge in [0.1, 0.15) is 6.61 Å². The van der Waals surface area contributed by atoms with Gasteiger partial charge >= 0.3 is 0 Å². The lowest BCUT2D eigenvalue weighted by Gasteiger charge is -2.13. The SMILES string of the molecule is CC(NS(=O)(=O)c1ccccc1C#CCO)c1cn[nH]c1. The predicted octanol–water partition coefficient (Wildman–Crippen LogP) is 0.793. The Hall–Kier alpha value is -2.14. The predicted molar refractivity (Wildman–Crippen MR) is 77.7 cm³/mol. The second-order valence-electron chi connectivity index (χ2n) is 4.33. The van der Waals surface area contributed by atoms with Crippen LogP contribution in [0.3, 0.4) is 0 Å². The van der Waals surface area contributed by atoms with Crippen molar-refractivity contribution in [3.63, 3.8) is 0 Å². The number of sulfonamides is 1. The number of nitrogens with one attached hydrogen (secondary N) is 2. The van der Waals surface area contributed by atoms with E-state index in [0.717, 1.165) is 5.56 Å². The minimum atomic E-state index is -3.72. The van der Waals surface area contributed by atoms with Crippen molar-refractivity contribution in [3.05, 3.63) is 47.8 Å². The molecule has 0 bridgehead atoms. The second kappa shape index (κ2) is 6.54. The third-order valence-electron chi connectivity index (χ3n) is 2.83. The number of benzene rings is 1. The van der Waals surface area contributed by atoms with Crippen molar-refractivity contribution >= 4 is 10.0 Å². The summed E-state index contributed by atoms with van der Waals surface area (Å²) in [7, 11) is -3.72. The number of rotatable bonds is 4. The Balaban J connectivity index is 2.32. The van der Waals surface area contributed by atoms with Crippen LogP contribution in [0.15, 0.2) is 41.6 Å². The first kappa shape index (κ1) is 15.3. The van der Waals surface area contributed by atoms with Crippen molar-refractivity contribution in [1.82, 2.24) is 14.9 Å². The van der Waals surface area contributed by atoms with Crippen LogP contribution in [0.5, 0.6) is 0 Å². The van der Waals surface area contributed by atoms with Crippen molar-refractivity contribution in [2.75, 3.05) is 6.61 Å². The van der Waals surface area contributed by atoms with Crippen LogP contribution in [-0.2, 0) is 10.0 Å². The molecule has 0 fully saturated rings. The largest absolute Gasteiger partial charge is 0.384 e. The van der Waals surface area contributed by atoms with Crippen LogP contribution < -0.4 is 4.72 Å². The standard InChI is InChI=1S/C14H15N3O3S/c1-11(13-9-15-16-10-13)17-21(19,20)14-7-3-2-5-12(14)6-4-8-18/h2-3,5,7,9-11,17-18H,8H2,1H3,(H,15,16). The molecule has 1 atom stereocenters. The van der Waals surface area contributed by atoms with Crippen molar-refractivity contribution in [1.29, 1.82) is 0 Å². The van der Waals surface area contributed by atoms with Crippen LogP contribution in [-0.4, -0.2) is 30.3 Å². The lowest BCUT2D eigenvalue weighted by Crippen LogP contribution is -2.27. The highest BCUT2D eigenvalue weighted by Gasteiger charge is 2.21. The van der Waals surface area contributed by atoms with E-state index in [1.165, 1.54) is 6.07 Å². The molecule has 2 aromatic rings. The molecule has 0 spiro atoms. The number of aromatic amines is 1. The lowest BCUT2D eigenvalue weighted by molar-refractivity contribution is 0.350. The average Bonchev–Trinajstić information content (AvgIpc) is 2.99. The molecule has 7 heteroatoms. The van der Waals surface area contributed by atoms with Gasteiger partial charge < -0.3 is 5.11 Å². The molecular formula is C14H15N3O3S. The molecule has 0 saturated heterocycles. The molecule has 6 nitrogen and oxygen atoms in total. The summed E-state index contributed by atoms with van der Waals surface area (Å²) in [5.74, 6) is 5.10. The number of hydrogen-bond acceptors (Lipinski definition) is 4. The van der Waals surface area contributed by atoms with E-state index in [9.17, 15) is 8.42 Å². The molecule has 0 saturated carbocycles. The van der Waals surface area contributed by atoms with E-state index in [1.807, 2.05) is 0 Å². The van der Waals surface area contributed by atoms with Crippen LogP contribution >= 0.6 is 0 Å². The van der Waals surface area contributed by atoms with Gasteiger partial charge in [0.05, 0.1) is 11.1 Å². The number of aliphatic hydroxyl groups is 1. The van der Waals surface area contributed by atoms with Gasteiger partial charge in [0.25, 0.3) is 0 Å². The number of H-pyrrole nitrogens is 1. The number of aromatic nitrogens is 2. The molecule has 1 heterocycles. The first-order valence-electron chi connectivity index (χ1n) is 6.24. The zero-order valence-corrected chi connectivity index (χ0v) is 12.2. The van der Waals surface area contributed by atoms with Crippen LogP contribution in [0.4, 0.5) is 0 Å². The summed E-state index contributed by atoms with van der Waals surface area (Å²) >= 11 is 0. The van der Waals surface area contributed by atoms with E-state index in [1.54, 1.807) is 37.5 Å². The van der Waals surface area contributed by atoms with Crippen molar-refractivity contribution in [2.45, 2.75) is 17.9 Å². The molecule has 0 radical (unpaired) electrons. The molecule has 1 aromatic carbocycles. The van der Waals surface area contributed by atoms with E-state index in [2.05, 4.69) is 26.8 Å². The van der Waals surface area contributed by atoms with Gasteiger partial charge in [0, 0.05) is 23.4 Å². The van der Waals surface area contributed by atoms with Crippen LogP contribution in [0.25, 0.3) is 0 Å². The monoisotopic (exact) mass is 305 g/mol. The molecule has 0 aliphatic rings. The Labute approximate surface area is 123 Å². The smallest absolute Gasteiger partial charge is 0.242 e. The van der Waals surface area contributed by atoms with Gasteiger partial charge in [-0.15, -0.1) is 0 Å². The highest BCUT2D eigenvalue weighted by Crippen LogP contribution is 2.18. The fraction of sp³-hybridized carbons (Fsp3) is 0.214. The van der Waals surface area contributed by atoms with E-state index in [4.69, 9.17) is 5.11 Å². The Kier molecular flexibility index (Phi) is 4.75. The summed E-state index contributed by atoms with van der Waals surface area (Å²) < 4.78 is 27.5. The first-order chi connectivity index (χ1) is 10.0. The molecule has 0 aliphatic carbocycles. The van der Waals surface area contributed by atoms with Gasteiger partial charge in [0.15, 0.2) is 0 Å². The highest BCUT2D eigenvalue weighted by atomic mass is 32.2. The van der Waals surface area contributed by atoms with Gasteiger partial charge in [-0.1, -0.05) is 24.0 Å². The third-order valence-corrected chi connectivity index (χ3v) is 4.43. The summed E-state index contributed by atoms with van der Waals surface area (Å²) in [4.78, 5) is 0.0845. The normalized spacial score (nSPS) is 12.5. The summed E-state index contributed by atoms with van der Waals surface area (Å²) in [5, 5.41) is 15.2. The molecule has 1 unspecified atom stereocenters. The molecule has 21 heavy (non-hydrogen) atoms. The van der Waals surface area contributed by atoms with E-state index >= 15 is 0 Å². The van der Waals surface area contributed by atoms with Gasteiger partial charge in [-0.25, -0.2) is 13.1 Å². The Bertz CT molecular complexity index is 758. The second-order valence-corrected chi connectivity index (χ2v) is 6.01. The zero-order valence-electron chi connectivity index (χ0n) is 11.4. The lowest BCUT2D eigenvalue weighted by atomic mass is 10.2. The molecular weight excluding hydrogens is 290 g/mol. The van der Waals surface area contributed by atoms with Crippen LogP contribution in [0, 0.1) is 11.8 Å². The third kappa shape index (κ3) is 3.70. The molecule has 3 N–H and O–H groups in total. The van der Waals surface area contributed by atoms with E-state index < -0.39 is 16.1 Å². The van der Waals surface area contributed by atoms with E-state index in [0.29, 0.717) is 5.56 Å². The quantitative estimate of drug-likeness (QED) is 0.728. The summed E-state index contributed by atoms with van der Waals surface area (Å²) in [6.45, 7) is 1.40. The maximum Gasteiger partial charge on any atom is 0.242 e. The van der Waals surface area contributed by atoms with Crippen molar-refractivity contribution in [3.8, 4) is 11.8 Å². The number of aliphatic hydroxyl groups excluding tert-OH is 1. The maximum absolute atomic E-state index is 12.4. The van der Waals surface area contributed by atoms with Crippen molar-refractivity contribution in [2.24, 2.45) is 0 Å². The average molecular weight is 305 g/mol. The highest BCUT2D eigenvalue weighted by molar-refractivity contribution is 7.89. The summed E-state index contributed by atoms with van der Waals surface area (Å²) in [5.41, 5.74) is 1.08. The molecule has 2 rings (SSSR count). The van der Waals surface area contributed by atoms with E-state index in [-0.39, 0.29) is 11.5 Å². The molecule has 0 amide bonds. The van der Waals surface area contributed by atoms with Gasteiger partial charge in [-0.05, 0) is 19.1 Å². The fourth-order valence-corrected chi connectivity index (χ4v) is 3.20. The van der Waals surface area contributed by atoms with Crippen molar-refractivity contribution < 1.29 is 13.5 Å². The number of nitrogens with zero attached hydrogens (tertiary/aromatic N) is 1. The Morgan fingerprint density at radius 2 is 2.19 bits per heavy atom. The fourth-order valence-electron chi connectivity index (χ4n) is 1.80. The minimum absolute atomic E-state index is 0.0845. The first-order valence-corrected chi connectivity index (χ1v) is 7.72. The molecule has 110 valence electrons. The number of hydrogen-bond donors (Lipinski definition) is 3. The maximum atomic E-state index is 12.4. The van der Waals surface area contributed by atoms with Gasteiger partial charge in [0.2, 0.25) is 10.0 Å². The van der Waals surface area contributed by atoms with Crippen LogP contribution in [0.1, 0.15) is 24.1 Å². The van der Waals surface area contributed by atoms with Gasteiger partial charge in [-0.2, -0.15) is 5.10 Å². The minimum Gasteiger partial charge on any atom is -0.384 e. The molecule has 0 aliphatic heterocycles. The zero-order chi connectivity index (χ0) is 15.3. The topological polar surface area (TPSA) is 95.1 Å². The molecule has 1 aromatic heterocycles.